The molecule has 3 nitrogen and oxygen atoms in total. The molecular formula is C9H10FN3. The Kier molecular flexibility index (Phi) is 2.28. The molecule has 0 amide bonds. The number of nitriles is 1. The molecule has 0 unspecified atom stereocenters. The van der Waals surface area contributed by atoms with Crippen LogP contribution in [0.1, 0.15) is 30.8 Å². The van der Waals surface area contributed by atoms with E-state index >= 15 is 0 Å². The number of aromatic nitrogens is 2. The molecule has 0 fully saturated rings. The molecule has 0 aliphatic carbocycles. The zero-order valence-electron chi connectivity index (χ0n) is 7.80. The Balaban J connectivity index is 3.35. The van der Waals surface area contributed by atoms with E-state index in [1.165, 1.54) is 13.8 Å². The molecule has 4 heteroatoms. The standard InChI is InChI=1S/C9H10FN3/c1-6-4-7(9(2,3)10)8(5-11)13-12-6/h4H,1-3H3. The minimum atomic E-state index is -1.55. The summed E-state index contributed by atoms with van der Waals surface area (Å²) in [5, 5.41) is 16.0. The van der Waals surface area contributed by atoms with Gasteiger partial charge in [-0.1, -0.05) is 0 Å². The van der Waals surface area contributed by atoms with Crippen molar-refractivity contribution in [3.8, 4) is 6.07 Å². The molecule has 0 aromatic carbocycles. The summed E-state index contributed by atoms with van der Waals surface area (Å²) in [5.41, 5.74) is -0.591. The fraction of sp³-hybridized carbons (Fsp3) is 0.444. The highest BCUT2D eigenvalue weighted by atomic mass is 19.1. The highest BCUT2D eigenvalue weighted by Crippen LogP contribution is 2.26. The zero-order valence-corrected chi connectivity index (χ0v) is 7.80. The van der Waals surface area contributed by atoms with Crippen LogP contribution in [0.3, 0.4) is 0 Å². The van der Waals surface area contributed by atoms with Crippen molar-refractivity contribution in [2.24, 2.45) is 0 Å². The molecule has 0 aliphatic rings. The predicted molar refractivity (Wildman–Crippen MR) is 45.6 cm³/mol. The number of hydrogen-bond acceptors (Lipinski definition) is 3. The highest BCUT2D eigenvalue weighted by molar-refractivity contribution is 5.34. The van der Waals surface area contributed by atoms with Gasteiger partial charge >= 0.3 is 0 Å². The number of aryl methyl sites for hydroxylation is 1. The fourth-order valence-electron chi connectivity index (χ4n) is 1.02. The third-order valence-corrected chi connectivity index (χ3v) is 1.66. The summed E-state index contributed by atoms with van der Waals surface area (Å²) >= 11 is 0. The van der Waals surface area contributed by atoms with E-state index in [1.54, 1.807) is 13.0 Å². The first kappa shape index (κ1) is 9.59. The monoisotopic (exact) mass is 179 g/mol. The number of hydrogen-bond donors (Lipinski definition) is 0. The van der Waals surface area contributed by atoms with E-state index in [0.717, 1.165) is 0 Å². The van der Waals surface area contributed by atoms with E-state index in [0.29, 0.717) is 11.3 Å². The SMILES string of the molecule is Cc1cc(C(C)(C)F)c(C#N)nn1. The quantitative estimate of drug-likeness (QED) is 0.661. The Labute approximate surface area is 76.2 Å². The first-order valence-electron chi connectivity index (χ1n) is 3.89. The molecular weight excluding hydrogens is 169 g/mol. The van der Waals surface area contributed by atoms with Gasteiger partial charge in [-0.05, 0) is 26.8 Å². The number of halogens is 1. The minimum absolute atomic E-state index is 0.0538. The smallest absolute Gasteiger partial charge is 0.169 e. The minimum Gasteiger partial charge on any atom is -0.239 e. The lowest BCUT2D eigenvalue weighted by atomic mass is 9.99. The van der Waals surface area contributed by atoms with Crippen LogP contribution in [0.2, 0.25) is 0 Å². The predicted octanol–water partition coefficient (Wildman–Crippen LogP) is 1.86. The second kappa shape index (κ2) is 3.09. The second-order valence-electron chi connectivity index (χ2n) is 3.33. The molecule has 1 heterocycles. The largest absolute Gasteiger partial charge is 0.239 e. The van der Waals surface area contributed by atoms with Crippen LogP contribution in [0.15, 0.2) is 6.07 Å². The van der Waals surface area contributed by atoms with Gasteiger partial charge in [0, 0.05) is 5.56 Å². The summed E-state index contributed by atoms with van der Waals surface area (Å²) in [7, 11) is 0. The van der Waals surface area contributed by atoms with Crippen molar-refractivity contribution >= 4 is 0 Å². The van der Waals surface area contributed by atoms with Gasteiger partial charge in [0.05, 0.1) is 5.69 Å². The first-order valence-corrected chi connectivity index (χ1v) is 3.89. The molecule has 1 aromatic heterocycles. The summed E-state index contributed by atoms with van der Waals surface area (Å²) in [5.74, 6) is 0. The number of alkyl halides is 1. The lowest BCUT2D eigenvalue weighted by Crippen LogP contribution is -2.13. The van der Waals surface area contributed by atoms with Crippen LogP contribution in [0, 0.1) is 18.3 Å². The summed E-state index contributed by atoms with van der Waals surface area (Å²) < 4.78 is 13.5. The third kappa shape index (κ3) is 2.00. The van der Waals surface area contributed by atoms with E-state index in [2.05, 4.69) is 10.2 Å². The maximum absolute atomic E-state index is 13.5. The van der Waals surface area contributed by atoms with Crippen LogP contribution >= 0.6 is 0 Å². The van der Waals surface area contributed by atoms with Crippen LogP contribution in [0.25, 0.3) is 0 Å². The van der Waals surface area contributed by atoms with Crippen molar-refractivity contribution < 1.29 is 4.39 Å². The lowest BCUT2D eigenvalue weighted by Gasteiger charge is -2.15. The van der Waals surface area contributed by atoms with E-state index < -0.39 is 5.67 Å². The van der Waals surface area contributed by atoms with E-state index in [1.807, 2.05) is 6.07 Å². The third-order valence-electron chi connectivity index (χ3n) is 1.66. The van der Waals surface area contributed by atoms with Crippen LogP contribution in [0.5, 0.6) is 0 Å². The molecule has 0 spiro atoms. The molecule has 68 valence electrons. The summed E-state index contributed by atoms with van der Waals surface area (Å²) in [6, 6.07) is 3.36. The van der Waals surface area contributed by atoms with Crippen LogP contribution < -0.4 is 0 Å². The average molecular weight is 179 g/mol. The van der Waals surface area contributed by atoms with Gasteiger partial charge in [0.1, 0.15) is 11.7 Å². The van der Waals surface area contributed by atoms with Crippen molar-refractivity contribution in [1.29, 1.82) is 5.26 Å². The molecule has 0 radical (unpaired) electrons. The second-order valence-corrected chi connectivity index (χ2v) is 3.33. The van der Waals surface area contributed by atoms with Crippen molar-refractivity contribution in [2.75, 3.05) is 0 Å². The Hall–Kier alpha value is -1.50. The van der Waals surface area contributed by atoms with Crippen molar-refractivity contribution in [2.45, 2.75) is 26.4 Å². The number of nitrogens with zero attached hydrogens (tertiary/aromatic N) is 3. The molecule has 0 saturated carbocycles. The molecule has 13 heavy (non-hydrogen) atoms. The van der Waals surface area contributed by atoms with Gasteiger partial charge in [0.25, 0.3) is 0 Å². The molecule has 1 rings (SSSR count). The van der Waals surface area contributed by atoms with Crippen LogP contribution in [-0.2, 0) is 5.67 Å². The van der Waals surface area contributed by atoms with Gasteiger partial charge < -0.3 is 0 Å². The van der Waals surface area contributed by atoms with Crippen molar-refractivity contribution in [3.63, 3.8) is 0 Å². The van der Waals surface area contributed by atoms with Crippen molar-refractivity contribution in [1.82, 2.24) is 10.2 Å². The van der Waals surface area contributed by atoms with Crippen molar-refractivity contribution in [3.05, 3.63) is 23.0 Å². The normalized spacial score (nSPS) is 11.0. The van der Waals surface area contributed by atoms with E-state index in [-0.39, 0.29) is 5.69 Å². The Bertz CT molecular complexity index is 360. The highest BCUT2D eigenvalue weighted by Gasteiger charge is 2.24. The maximum Gasteiger partial charge on any atom is 0.169 e. The van der Waals surface area contributed by atoms with Gasteiger partial charge in [0.2, 0.25) is 0 Å². The average Bonchev–Trinajstić information content (AvgIpc) is 2.03. The maximum atomic E-state index is 13.5. The fourth-order valence-corrected chi connectivity index (χ4v) is 1.02. The van der Waals surface area contributed by atoms with Crippen LogP contribution in [-0.4, -0.2) is 10.2 Å². The first-order chi connectivity index (χ1) is 5.95. The molecule has 0 atom stereocenters. The molecule has 0 N–H and O–H groups in total. The van der Waals surface area contributed by atoms with Gasteiger partial charge in [-0.15, -0.1) is 5.10 Å². The zero-order chi connectivity index (χ0) is 10.1. The van der Waals surface area contributed by atoms with Gasteiger partial charge in [0.15, 0.2) is 5.69 Å². The van der Waals surface area contributed by atoms with Gasteiger partial charge in [-0.3, -0.25) is 0 Å². The molecule has 0 saturated heterocycles. The number of rotatable bonds is 1. The van der Waals surface area contributed by atoms with E-state index in [4.69, 9.17) is 5.26 Å². The Morgan fingerprint density at radius 1 is 1.46 bits per heavy atom. The van der Waals surface area contributed by atoms with Gasteiger partial charge in [-0.2, -0.15) is 10.4 Å². The lowest BCUT2D eigenvalue weighted by molar-refractivity contribution is 0.220. The summed E-state index contributed by atoms with van der Waals surface area (Å²) in [6.07, 6.45) is 0. The molecule has 0 bridgehead atoms. The Morgan fingerprint density at radius 2 is 2.08 bits per heavy atom. The van der Waals surface area contributed by atoms with Gasteiger partial charge in [-0.25, -0.2) is 4.39 Å². The molecule has 1 aromatic rings. The topological polar surface area (TPSA) is 49.6 Å². The van der Waals surface area contributed by atoms with E-state index in [9.17, 15) is 4.39 Å². The van der Waals surface area contributed by atoms with Crippen LogP contribution in [0.4, 0.5) is 4.39 Å². The summed E-state index contributed by atoms with van der Waals surface area (Å²) in [6.45, 7) is 4.50. The molecule has 0 aliphatic heterocycles. The summed E-state index contributed by atoms with van der Waals surface area (Å²) in [4.78, 5) is 0. The Morgan fingerprint density at radius 3 is 2.54 bits per heavy atom.